The van der Waals surface area contributed by atoms with Crippen LogP contribution in [0.5, 0.6) is 23.3 Å². The minimum atomic E-state index is -0.542. The first-order valence-corrected chi connectivity index (χ1v) is 39.0. The normalized spacial score (nSPS) is 13.2. The number of esters is 1. The lowest BCUT2D eigenvalue weighted by atomic mass is 9.92. The Labute approximate surface area is 681 Å². The Bertz CT molecular complexity index is 5890. The summed E-state index contributed by atoms with van der Waals surface area (Å²) in [5.41, 5.74) is 15.2. The van der Waals surface area contributed by atoms with Gasteiger partial charge in [0.2, 0.25) is 23.7 Å². The number of morpholine rings is 2. The van der Waals surface area contributed by atoms with Crippen LogP contribution < -0.4 is 47.1 Å². The Morgan fingerprint density at radius 2 is 0.924 bits per heavy atom. The highest BCUT2D eigenvalue weighted by Crippen LogP contribution is 2.38. The van der Waals surface area contributed by atoms with Gasteiger partial charge >= 0.3 is 18.0 Å². The van der Waals surface area contributed by atoms with Crippen molar-refractivity contribution in [1.29, 1.82) is 0 Å². The molecule has 0 aliphatic carbocycles. The number of ether oxygens (including phenoxy) is 5. The lowest BCUT2D eigenvalue weighted by Crippen LogP contribution is -2.39. The molecule has 0 radical (unpaired) electrons. The van der Waals surface area contributed by atoms with E-state index >= 15 is 0 Å². The van der Waals surface area contributed by atoms with Crippen LogP contribution in [0.1, 0.15) is 97.9 Å². The number of aryl methyl sites for hydroxylation is 2. The summed E-state index contributed by atoms with van der Waals surface area (Å²) in [6.07, 6.45) is 4.36. The first-order valence-electron chi connectivity index (χ1n) is 39.0. The van der Waals surface area contributed by atoms with E-state index in [1.54, 1.807) is 70.3 Å². The van der Waals surface area contributed by atoms with Gasteiger partial charge in [-0.3, -0.25) is 35.4 Å². The highest BCUT2D eigenvalue weighted by Gasteiger charge is 2.26. The Hall–Kier alpha value is -13.5. The van der Waals surface area contributed by atoms with Gasteiger partial charge in [-0.2, -0.15) is 30.4 Å². The molecule has 2 aliphatic heterocycles. The number of fused-ring (bicyclic) bond motifs is 4. The number of hydrogen-bond acceptors (Lipinski definition) is 22. The molecule has 0 unspecified atom stereocenters. The second-order valence-electron chi connectivity index (χ2n) is 30.6. The number of carbonyl (C=O) groups is 4. The van der Waals surface area contributed by atoms with E-state index in [4.69, 9.17) is 39.6 Å². The molecular formula is C88H95N21O9. The van der Waals surface area contributed by atoms with Crippen molar-refractivity contribution in [3.8, 4) is 34.6 Å². The van der Waals surface area contributed by atoms with Crippen LogP contribution in [0.4, 0.5) is 55.9 Å². The van der Waals surface area contributed by atoms with Gasteiger partial charge in [0, 0.05) is 137 Å². The summed E-state index contributed by atoms with van der Waals surface area (Å²) in [4.78, 5) is 74.8. The van der Waals surface area contributed by atoms with Crippen LogP contribution in [0.2, 0.25) is 0 Å². The number of hydrogen-bond donors (Lipinski definition) is 9. The average Bonchev–Trinajstić information content (AvgIpc) is 1.11. The molecule has 2 saturated heterocycles. The van der Waals surface area contributed by atoms with Crippen LogP contribution in [-0.2, 0) is 25.0 Å². The molecule has 16 rings (SSSR count). The van der Waals surface area contributed by atoms with Crippen LogP contribution in [0.15, 0.2) is 194 Å². The van der Waals surface area contributed by atoms with Crippen molar-refractivity contribution in [2.75, 3.05) is 111 Å². The fourth-order valence-corrected chi connectivity index (χ4v) is 13.4. The van der Waals surface area contributed by atoms with E-state index in [1.165, 1.54) is 7.11 Å². The number of anilines is 8. The molecular weight excluding hydrogens is 1500 g/mol. The number of carbonyl (C=O) groups excluding carboxylic acids is 4. The minimum absolute atomic E-state index is 0.00219. The molecule has 30 heteroatoms. The van der Waals surface area contributed by atoms with Crippen LogP contribution in [0.3, 0.4) is 0 Å². The number of ketones is 1. The third-order valence-electron chi connectivity index (χ3n) is 19.8. The number of H-pyrrole nitrogens is 2. The van der Waals surface area contributed by atoms with Crippen molar-refractivity contribution in [3.63, 3.8) is 0 Å². The quantitative estimate of drug-likeness (QED) is 0.0225. The molecule has 14 aromatic rings. The molecule has 0 atom stereocenters. The van der Waals surface area contributed by atoms with Gasteiger partial charge in [0.25, 0.3) is 0 Å². The summed E-state index contributed by atoms with van der Waals surface area (Å²) >= 11 is 0. The summed E-state index contributed by atoms with van der Waals surface area (Å²) < 4.78 is 31.5. The van der Waals surface area contributed by atoms with Gasteiger partial charge in [0.05, 0.1) is 78.7 Å². The third kappa shape index (κ3) is 20.0. The topological polar surface area (TPSA) is 364 Å². The van der Waals surface area contributed by atoms with Crippen LogP contribution in [0, 0.1) is 13.8 Å². The molecule has 4 amide bonds. The SMILES string of the molecule is COC(=O)c1n[nH]c2ccc(Nc3nccc(Oc4ccc(NC(=O)Nc5cc(C(C)(C)C)nn5-c5ccc(C)cc5)c5ccccc45)n3)cc12.Cc1ccc(-n2nc(C(C)(C)C)cc2NC(=O)Nc2ccc(Oc3ccnc(Nc4ccc5[nH]nc(C(=O)CCCN6CCOCC6)c5c4)n3)c3ccccc23)cc1.NCCN1CCOCC1. The van der Waals surface area contributed by atoms with Crippen molar-refractivity contribution in [2.24, 2.45) is 5.73 Å². The van der Waals surface area contributed by atoms with Gasteiger partial charge in [0.1, 0.15) is 28.8 Å². The predicted molar refractivity (Wildman–Crippen MR) is 459 cm³/mol. The van der Waals surface area contributed by atoms with Crippen molar-refractivity contribution in [2.45, 2.75) is 79.1 Å². The van der Waals surface area contributed by atoms with Crippen molar-refractivity contribution in [1.82, 2.24) is 69.7 Å². The van der Waals surface area contributed by atoms with Crippen molar-refractivity contribution >= 4 is 113 Å². The van der Waals surface area contributed by atoms with E-state index in [0.29, 0.717) is 86.6 Å². The lowest BCUT2D eigenvalue weighted by molar-refractivity contribution is 0.0371. The number of methoxy groups -OCH3 is 1. The number of aromatic nitrogens is 12. The smallest absolute Gasteiger partial charge is 0.359 e. The minimum Gasteiger partial charge on any atom is -0.464 e. The fraction of sp³-hybridized carbons (Fsp3) is 0.273. The van der Waals surface area contributed by atoms with E-state index in [2.05, 4.69) is 124 Å². The monoisotopic (exact) mass is 1590 g/mol. The van der Waals surface area contributed by atoms with E-state index < -0.39 is 18.0 Å². The van der Waals surface area contributed by atoms with E-state index in [-0.39, 0.29) is 28.3 Å². The summed E-state index contributed by atoms with van der Waals surface area (Å²) in [6, 6.07) is 55.7. The zero-order valence-electron chi connectivity index (χ0n) is 67.3. The first-order chi connectivity index (χ1) is 57.0. The molecule has 0 saturated carbocycles. The number of benzene rings is 8. The molecule has 2 aliphatic rings. The van der Waals surface area contributed by atoms with Gasteiger partial charge < -0.3 is 50.7 Å². The highest BCUT2D eigenvalue weighted by molar-refractivity contribution is 6.10. The predicted octanol–water partition coefficient (Wildman–Crippen LogP) is 16.3. The second kappa shape index (κ2) is 36.5. The number of nitrogens with two attached hydrogens (primary N) is 1. The third-order valence-corrected chi connectivity index (χ3v) is 19.8. The number of amides is 4. The molecule has 30 nitrogen and oxygen atoms in total. The fourth-order valence-electron chi connectivity index (χ4n) is 13.4. The number of Topliss-reactive ketones (excluding diaryl/α,β-unsaturated/α-hetero) is 1. The number of urea groups is 2. The zero-order valence-corrected chi connectivity index (χ0v) is 67.3. The summed E-state index contributed by atoms with van der Waals surface area (Å²) in [7, 11) is 1.31. The van der Waals surface area contributed by atoms with E-state index in [1.807, 2.05) is 147 Å². The molecule has 8 aromatic carbocycles. The Morgan fingerprint density at radius 1 is 0.492 bits per heavy atom. The number of rotatable bonds is 22. The number of nitrogens with zero attached hydrogens (tertiary/aromatic N) is 12. The maximum Gasteiger partial charge on any atom is 0.359 e. The summed E-state index contributed by atoms with van der Waals surface area (Å²) in [6.45, 7) is 26.3. The molecule has 10 N–H and O–H groups in total. The van der Waals surface area contributed by atoms with Gasteiger partial charge in [-0.05, 0) is 112 Å². The van der Waals surface area contributed by atoms with E-state index in [9.17, 15) is 19.2 Å². The van der Waals surface area contributed by atoms with Crippen LogP contribution in [0.25, 0.3) is 54.7 Å². The Balaban J connectivity index is 0.000000176. The Kier molecular flexibility index (Phi) is 25.1. The van der Waals surface area contributed by atoms with E-state index in [0.717, 1.165) is 145 Å². The summed E-state index contributed by atoms with van der Waals surface area (Å²) in [5, 5.41) is 46.7. The Morgan fingerprint density at radius 3 is 1.36 bits per heavy atom. The summed E-state index contributed by atoms with van der Waals surface area (Å²) in [5.74, 6) is 2.87. The number of aromatic amines is 2. The first kappa shape index (κ1) is 81.1. The largest absolute Gasteiger partial charge is 0.464 e. The molecule has 118 heavy (non-hydrogen) atoms. The van der Waals surface area contributed by atoms with Gasteiger partial charge in [0.15, 0.2) is 11.5 Å². The zero-order chi connectivity index (χ0) is 82.5. The molecule has 8 heterocycles. The molecule has 6 aromatic heterocycles. The van der Waals surface area contributed by atoms with Crippen molar-refractivity contribution < 1.29 is 42.9 Å². The van der Waals surface area contributed by atoms with Crippen LogP contribution >= 0.6 is 0 Å². The molecule has 2 fully saturated rings. The molecule has 0 bridgehead atoms. The maximum atomic E-state index is 13.5. The molecule has 606 valence electrons. The second-order valence-corrected chi connectivity index (χ2v) is 30.6. The van der Waals surface area contributed by atoms with Gasteiger partial charge in [-0.25, -0.2) is 33.7 Å². The maximum absolute atomic E-state index is 13.5. The number of nitrogens with one attached hydrogen (secondary N) is 8. The average molecular weight is 1590 g/mol. The van der Waals surface area contributed by atoms with Crippen molar-refractivity contribution in [3.05, 3.63) is 228 Å². The molecule has 0 spiro atoms. The van der Waals surface area contributed by atoms with Gasteiger partial charge in [-0.1, -0.05) is 125 Å². The lowest BCUT2D eigenvalue weighted by Gasteiger charge is -2.26. The van der Waals surface area contributed by atoms with Crippen LogP contribution in [-0.4, -0.2) is 173 Å². The standard InChI is InChI=1S/C44H46N10O4.C38H35N9O4.C6H14N2O/c1-28-11-14-30(15-12-28)54-39(27-38(52-54)44(2,3)4)48-43(56)47-34-17-18-37(32-9-6-5-8-31(32)34)58-40-19-20-45-42(49-40)46-29-13-16-35-33(26-29)41(51-50-35)36(55)10-7-21-53-22-24-57-25-23-53;1-22-10-13-24(14-11-22)47-32(21-31(46-47)38(2,3)4)42-37(49)41-28-16-17-30(26-9-7-6-8-25(26)28)51-33-18-19-39-36(43-33)40-23-12-15-29-27(20-23)34(45-44-29)35(48)50-5;7-1-2-8-3-5-9-6-4-8/h5-6,8-9,11-20,26-27H,7,10,21-25H2,1-4H3,(H,50,51)(H,45,46,49)(H2,47,48,56);6-21H,1-5H3,(H,44,45)(H,39,40,43)(H2,41,42,49);1-7H2. The highest BCUT2D eigenvalue weighted by atomic mass is 16.5. The van der Waals surface area contributed by atoms with Gasteiger partial charge in [-0.15, -0.1) is 0 Å².